The lowest BCUT2D eigenvalue weighted by atomic mass is 10.0. The number of nitrogens with zero attached hydrogens (tertiary/aromatic N) is 1. The third-order valence-electron chi connectivity index (χ3n) is 3.13. The van der Waals surface area contributed by atoms with E-state index in [-0.39, 0.29) is 5.78 Å². The summed E-state index contributed by atoms with van der Waals surface area (Å²) in [4.78, 5) is 11.7. The molecule has 0 aliphatic heterocycles. The number of aryl methyl sites for hydroxylation is 1. The summed E-state index contributed by atoms with van der Waals surface area (Å²) >= 11 is 0. The molecule has 2 aliphatic rings. The van der Waals surface area contributed by atoms with Gasteiger partial charge in [0.2, 0.25) is 0 Å². The molecule has 1 aromatic heterocycles. The molecule has 0 N–H and O–H groups in total. The Hall–Kier alpha value is -1.38. The van der Waals surface area contributed by atoms with Gasteiger partial charge in [-0.3, -0.25) is 4.79 Å². The summed E-state index contributed by atoms with van der Waals surface area (Å²) < 4.78 is 5.34. The maximum Gasteiger partial charge on any atom is 0.163 e. The number of Topliss-reactive ketones (excluding diaryl/α,β-unsaturated/α-hetero) is 1. The molecule has 0 aromatic carbocycles. The van der Waals surface area contributed by atoms with Gasteiger partial charge in [0, 0.05) is 17.9 Å². The first-order valence-corrected chi connectivity index (χ1v) is 5.47. The first-order chi connectivity index (χ1) is 7.27. The fourth-order valence-corrected chi connectivity index (χ4v) is 2.18. The molecule has 0 atom stereocenters. The van der Waals surface area contributed by atoms with E-state index in [0.717, 1.165) is 29.0 Å². The average molecular weight is 203 g/mol. The summed E-state index contributed by atoms with van der Waals surface area (Å²) in [5, 5.41) is 3.99. The zero-order chi connectivity index (χ0) is 10.4. The molecular weight excluding hydrogens is 190 g/mol. The number of hydrogen-bond acceptors (Lipinski definition) is 3. The van der Waals surface area contributed by atoms with Crippen LogP contribution in [0.5, 0.6) is 0 Å². The average Bonchev–Trinajstić information content (AvgIpc) is 2.88. The summed E-state index contributed by atoms with van der Waals surface area (Å²) in [5.41, 5.74) is 2.69. The Kier molecular flexibility index (Phi) is 1.81. The Bertz CT molecular complexity index is 452. The van der Waals surface area contributed by atoms with Crippen molar-refractivity contribution in [3.05, 3.63) is 23.1 Å². The third kappa shape index (κ3) is 1.34. The van der Waals surface area contributed by atoms with Gasteiger partial charge < -0.3 is 4.52 Å². The van der Waals surface area contributed by atoms with Crippen molar-refractivity contribution in [3.8, 4) is 0 Å². The monoisotopic (exact) mass is 203 g/mol. The first kappa shape index (κ1) is 8.89. The van der Waals surface area contributed by atoms with Crippen LogP contribution < -0.4 is 0 Å². The van der Waals surface area contributed by atoms with E-state index in [1.165, 1.54) is 12.8 Å². The molecule has 3 nitrogen and oxygen atoms in total. The van der Waals surface area contributed by atoms with Gasteiger partial charge in [-0.1, -0.05) is 11.2 Å². The van der Waals surface area contributed by atoms with Crippen LogP contribution in [0.1, 0.15) is 48.6 Å². The van der Waals surface area contributed by atoms with E-state index in [0.29, 0.717) is 12.3 Å². The molecule has 1 saturated carbocycles. The maximum absolute atomic E-state index is 11.7. The first-order valence-electron chi connectivity index (χ1n) is 5.47. The molecule has 1 fully saturated rings. The standard InChI is InChI=1S/C12H13NO2/c1-7-11(9-3-2-4-10(9)14)12(15-13-7)8-5-6-8/h3,8H,2,4-6H2,1H3. The number of rotatable bonds is 2. The highest BCUT2D eigenvalue weighted by Gasteiger charge is 2.34. The summed E-state index contributed by atoms with van der Waals surface area (Å²) in [6, 6.07) is 0. The van der Waals surface area contributed by atoms with Crippen LogP contribution in [0.4, 0.5) is 0 Å². The second-order valence-electron chi connectivity index (χ2n) is 4.36. The van der Waals surface area contributed by atoms with Crippen LogP contribution >= 0.6 is 0 Å². The van der Waals surface area contributed by atoms with E-state index in [4.69, 9.17) is 4.52 Å². The molecule has 1 heterocycles. The van der Waals surface area contributed by atoms with Gasteiger partial charge in [-0.15, -0.1) is 0 Å². The molecule has 15 heavy (non-hydrogen) atoms. The quantitative estimate of drug-likeness (QED) is 0.742. The maximum atomic E-state index is 11.7. The Morgan fingerprint density at radius 3 is 2.87 bits per heavy atom. The van der Waals surface area contributed by atoms with Gasteiger partial charge >= 0.3 is 0 Å². The SMILES string of the molecule is Cc1noc(C2CC2)c1C1=CCCC1=O. The molecule has 0 bridgehead atoms. The minimum absolute atomic E-state index is 0.239. The van der Waals surface area contributed by atoms with Crippen molar-refractivity contribution in [3.63, 3.8) is 0 Å². The predicted molar refractivity (Wildman–Crippen MR) is 55.4 cm³/mol. The third-order valence-corrected chi connectivity index (χ3v) is 3.13. The lowest BCUT2D eigenvalue weighted by Crippen LogP contribution is -1.98. The van der Waals surface area contributed by atoms with Crippen molar-refractivity contribution in [2.75, 3.05) is 0 Å². The van der Waals surface area contributed by atoms with Crippen molar-refractivity contribution in [1.29, 1.82) is 0 Å². The van der Waals surface area contributed by atoms with Crippen molar-refractivity contribution in [2.24, 2.45) is 0 Å². The summed E-state index contributed by atoms with van der Waals surface area (Å²) in [7, 11) is 0. The van der Waals surface area contributed by atoms with Crippen LogP contribution in [0.15, 0.2) is 10.6 Å². The van der Waals surface area contributed by atoms with Crippen molar-refractivity contribution >= 4 is 11.4 Å². The minimum atomic E-state index is 0.239. The minimum Gasteiger partial charge on any atom is -0.360 e. The van der Waals surface area contributed by atoms with E-state index in [2.05, 4.69) is 5.16 Å². The molecule has 3 heteroatoms. The summed E-state index contributed by atoms with van der Waals surface area (Å²) in [6.45, 7) is 1.91. The molecule has 1 aromatic rings. The second kappa shape index (κ2) is 3.05. The van der Waals surface area contributed by atoms with Crippen LogP contribution in [-0.2, 0) is 4.79 Å². The zero-order valence-electron chi connectivity index (χ0n) is 8.75. The van der Waals surface area contributed by atoms with Gasteiger partial charge in [-0.25, -0.2) is 0 Å². The van der Waals surface area contributed by atoms with Gasteiger partial charge in [0.1, 0.15) is 5.76 Å². The molecule has 0 spiro atoms. The van der Waals surface area contributed by atoms with Gasteiger partial charge in [-0.05, 0) is 26.2 Å². The van der Waals surface area contributed by atoms with E-state index in [9.17, 15) is 4.79 Å². The lowest BCUT2D eigenvalue weighted by molar-refractivity contribution is -0.113. The molecule has 78 valence electrons. The zero-order valence-corrected chi connectivity index (χ0v) is 8.75. The predicted octanol–water partition coefficient (Wildman–Crippen LogP) is 2.61. The molecule has 0 amide bonds. The van der Waals surface area contributed by atoms with Crippen LogP contribution in [0.3, 0.4) is 0 Å². The van der Waals surface area contributed by atoms with Crippen molar-refractivity contribution in [1.82, 2.24) is 5.16 Å². The van der Waals surface area contributed by atoms with Crippen molar-refractivity contribution in [2.45, 2.75) is 38.5 Å². The van der Waals surface area contributed by atoms with Gasteiger partial charge in [0.05, 0.1) is 11.3 Å². The number of ketones is 1. The number of carbonyl (C=O) groups excluding carboxylic acids is 1. The van der Waals surface area contributed by atoms with Crippen LogP contribution in [0.25, 0.3) is 5.57 Å². The lowest BCUT2D eigenvalue weighted by Gasteiger charge is -2.00. The molecule has 0 saturated heterocycles. The largest absolute Gasteiger partial charge is 0.360 e. The smallest absolute Gasteiger partial charge is 0.163 e. The Morgan fingerprint density at radius 2 is 2.27 bits per heavy atom. The van der Waals surface area contributed by atoms with E-state index in [1.54, 1.807) is 0 Å². The van der Waals surface area contributed by atoms with E-state index in [1.807, 2.05) is 13.0 Å². The number of hydrogen-bond donors (Lipinski definition) is 0. The van der Waals surface area contributed by atoms with Gasteiger partial charge in [-0.2, -0.15) is 0 Å². The summed E-state index contributed by atoms with van der Waals surface area (Å²) in [6.07, 6.45) is 5.87. The highest BCUT2D eigenvalue weighted by atomic mass is 16.5. The molecular formula is C12H13NO2. The fraction of sp³-hybridized carbons (Fsp3) is 0.500. The molecule has 0 unspecified atom stereocenters. The molecule has 3 rings (SSSR count). The topological polar surface area (TPSA) is 43.1 Å². The fourth-order valence-electron chi connectivity index (χ4n) is 2.18. The van der Waals surface area contributed by atoms with Gasteiger partial charge in [0.15, 0.2) is 5.78 Å². The Balaban J connectivity index is 2.09. The number of aromatic nitrogens is 1. The highest BCUT2D eigenvalue weighted by molar-refractivity contribution is 6.23. The van der Waals surface area contributed by atoms with Crippen LogP contribution in [0, 0.1) is 6.92 Å². The van der Waals surface area contributed by atoms with Crippen LogP contribution in [-0.4, -0.2) is 10.9 Å². The number of allylic oxidation sites excluding steroid dienone is 2. The van der Waals surface area contributed by atoms with Crippen molar-refractivity contribution < 1.29 is 9.32 Å². The van der Waals surface area contributed by atoms with E-state index < -0.39 is 0 Å². The highest BCUT2D eigenvalue weighted by Crippen LogP contribution is 2.45. The Labute approximate surface area is 88.1 Å². The second-order valence-corrected chi connectivity index (χ2v) is 4.36. The van der Waals surface area contributed by atoms with Crippen LogP contribution in [0.2, 0.25) is 0 Å². The Morgan fingerprint density at radius 1 is 1.47 bits per heavy atom. The molecule has 0 radical (unpaired) electrons. The van der Waals surface area contributed by atoms with E-state index >= 15 is 0 Å². The normalized spacial score (nSPS) is 20.9. The van der Waals surface area contributed by atoms with Gasteiger partial charge in [0.25, 0.3) is 0 Å². The molecule has 2 aliphatic carbocycles. The number of carbonyl (C=O) groups is 1. The summed E-state index contributed by atoms with van der Waals surface area (Å²) in [5.74, 6) is 1.69.